The van der Waals surface area contributed by atoms with Crippen LogP contribution in [0, 0.1) is 0 Å². The fourth-order valence-electron chi connectivity index (χ4n) is 1.77. The molecule has 1 aliphatic heterocycles. The van der Waals surface area contributed by atoms with Gasteiger partial charge in [-0.3, -0.25) is 0 Å². The normalized spacial score (nSPS) is 27.9. The average molecular weight is 220 g/mol. The molecule has 0 unspecified atom stereocenters. The maximum atomic E-state index is 11.7. The summed E-state index contributed by atoms with van der Waals surface area (Å²) in [4.78, 5) is 11.7. The van der Waals surface area contributed by atoms with Gasteiger partial charge in [0.1, 0.15) is 5.60 Å². The third-order valence-electron chi connectivity index (χ3n) is 2.72. The summed E-state index contributed by atoms with van der Waals surface area (Å²) in [5.41, 5.74) is 0.508. The molecule has 0 saturated carbocycles. The van der Waals surface area contributed by atoms with E-state index in [1.807, 2.05) is 51.1 Å². The van der Waals surface area contributed by atoms with Gasteiger partial charge in [-0.15, -0.1) is 0 Å². The summed E-state index contributed by atoms with van der Waals surface area (Å²) in [6.45, 7) is 5.58. The Labute approximate surface area is 95.4 Å². The number of esters is 1. The zero-order valence-corrected chi connectivity index (χ0v) is 9.77. The molecule has 0 radical (unpaired) electrons. The zero-order valence-electron chi connectivity index (χ0n) is 9.77. The van der Waals surface area contributed by atoms with Crippen LogP contribution in [-0.4, -0.2) is 18.2 Å². The minimum absolute atomic E-state index is 0.100. The lowest BCUT2D eigenvalue weighted by atomic mass is 9.97. The van der Waals surface area contributed by atoms with E-state index in [9.17, 15) is 4.79 Å². The van der Waals surface area contributed by atoms with Gasteiger partial charge in [0.25, 0.3) is 0 Å². The quantitative estimate of drug-likeness (QED) is 0.579. The van der Waals surface area contributed by atoms with Crippen molar-refractivity contribution in [2.24, 2.45) is 0 Å². The van der Waals surface area contributed by atoms with Gasteiger partial charge in [-0.25, -0.2) is 4.79 Å². The van der Waals surface area contributed by atoms with Crippen molar-refractivity contribution in [3.63, 3.8) is 0 Å². The fraction of sp³-hybridized carbons (Fsp3) is 0.462. The van der Waals surface area contributed by atoms with Crippen LogP contribution in [0.2, 0.25) is 0 Å². The van der Waals surface area contributed by atoms with Gasteiger partial charge in [0.05, 0.1) is 6.10 Å². The van der Waals surface area contributed by atoms with Crippen LogP contribution < -0.4 is 0 Å². The van der Waals surface area contributed by atoms with Gasteiger partial charge in [-0.1, -0.05) is 30.3 Å². The van der Waals surface area contributed by atoms with Crippen molar-refractivity contribution in [3.05, 3.63) is 35.9 Å². The van der Waals surface area contributed by atoms with Gasteiger partial charge in [0.15, 0.2) is 6.10 Å². The van der Waals surface area contributed by atoms with E-state index in [1.54, 1.807) is 0 Å². The molecule has 0 amide bonds. The number of benzene rings is 1. The second-order valence-corrected chi connectivity index (χ2v) is 4.46. The summed E-state index contributed by atoms with van der Waals surface area (Å²) < 4.78 is 10.6. The van der Waals surface area contributed by atoms with E-state index in [0.717, 1.165) is 5.56 Å². The van der Waals surface area contributed by atoms with Crippen molar-refractivity contribution in [2.45, 2.75) is 38.6 Å². The monoisotopic (exact) mass is 220 g/mol. The minimum atomic E-state index is -0.507. The topological polar surface area (TPSA) is 38.8 Å². The Hall–Kier alpha value is -1.35. The summed E-state index contributed by atoms with van der Waals surface area (Å²) in [5.74, 6) is -0.277. The molecular weight excluding hydrogens is 204 g/mol. The van der Waals surface area contributed by atoms with E-state index in [4.69, 9.17) is 9.47 Å². The fourth-order valence-corrected chi connectivity index (χ4v) is 1.77. The first-order chi connectivity index (χ1) is 7.54. The summed E-state index contributed by atoms with van der Waals surface area (Å²) in [7, 11) is 0. The van der Waals surface area contributed by atoms with Gasteiger partial charge in [0, 0.05) is 0 Å². The van der Waals surface area contributed by atoms with Crippen LogP contribution in [0.3, 0.4) is 0 Å². The number of carbonyl (C=O) groups is 1. The molecule has 1 aromatic rings. The van der Waals surface area contributed by atoms with Crippen LogP contribution in [-0.2, 0) is 19.9 Å². The molecule has 3 heteroatoms. The Kier molecular flexibility index (Phi) is 2.72. The Morgan fingerprint density at radius 2 is 2.00 bits per heavy atom. The highest BCUT2D eigenvalue weighted by molar-refractivity contribution is 5.80. The lowest BCUT2D eigenvalue weighted by Gasteiger charge is -2.08. The Morgan fingerprint density at radius 3 is 2.56 bits per heavy atom. The van der Waals surface area contributed by atoms with Crippen molar-refractivity contribution in [1.82, 2.24) is 0 Å². The molecule has 1 saturated heterocycles. The first-order valence-electron chi connectivity index (χ1n) is 5.48. The predicted molar refractivity (Wildman–Crippen MR) is 59.9 cm³/mol. The van der Waals surface area contributed by atoms with Gasteiger partial charge in [0.2, 0.25) is 0 Å². The van der Waals surface area contributed by atoms with E-state index < -0.39 is 11.7 Å². The Bertz CT molecular complexity index is 385. The highest BCUT2D eigenvalue weighted by Crippen LogP contribution is 2.46. The van der Waals surface area contributed by atoms with Gasteiger partial charge < -0.3 is 9.47 Å². The molecule has 1 aromatic carbocycles. The maximum absolute atomic E-state index is 11.7. The van der Waals surface area contributed by atoms with Crippen molar-refractivity contribution < 1.29 is 14.3 Å². The van der Waals surface area contributed by atoms with Gasteiger partial charge in [-0.05, 0) is 26.3 Å². The summed E-state index contributed by atoms with van der Waals surface area (Å²) in [6, 6.07) is 9.74. The molecule has 0 aliphatic carbocycles. The third-order valence-corrected chi connectivity index (χ3v) is 2.72. The molecular formula is C13H16O3. The lowest BCUT2D eigenvalue weighted by Crippen LogP contribution is -2.21. The molecule has 86 valence electrons. The highest BCUT2D eigenvalue weighted by Gasteiger charge is 2.59. The van der Waals surface area contributed by atoms with Crippen molar-refractivity contribution >= 4 is 5.97 Å². The molecule has 0 aromatic heterocycles. The van der Waals surface area contributed by atoms with E-state index in [2.05, 4.69) is 0 Å². The van der Waals surface area contributed by atoms with Crippen molar-refractivity contribution in [3.8, 4) is 0 Å². The molecule has 0 N–H and O–H groups in total. The van der Waals surface area contributed by atoms with Crippen LogP contribution in [0.15, 0.2) is 30.3 Å². The largest absolute Gasteiger partial charge is 0.461 e. The molecule has 16 heavy (non-hydrogen) atoms. The molecule has 0 spiro atoms. The first-order valence-corrected chi connectivity index (χ1v) is 5.48. The van der Waals surface area contributed by atoms with Crippen LogP contribution in [0.25, 0.3) is 0 Å². The average Bonchev–Trinajstić information content (AvgIpc) is 2.93. The number of ether oxygens (including phenoxy) is 2. The zero-order chi connectivity index (χ0) is 11.8. The summed E-state index contributed by atoms with van der Waals surface area (Å²) in [6.07, 6.45) is -0.561. The maximum Gasteiger partial charge on any atom is 0.338 e. The second-order valence-electron chi connectivity index (χ2n) is 4.46. The van der Waals surface area contributed by atoms with Crippen molar-refractivity contribution in [2.75, 3.05) is 0 Å². The summed E-state index contributed by atoms with van der Waals surface area (Å²) >= 11 is 0. The second kappa shape index (κ2) is 3.91. The molecule has 1 fully saturated rings. The van der Waals surface area contributed by atoms with E-state index in [-0.39, 0.29) is 12.1 Å². The molecule has 0 bridgehead atoms. The number of carbonyl (C=O) groups excluding carboxylic acids is 1. The summed E-state index contributed by atoms with van der Waals surface area (Å²) in [5, 5.41) is 0. The smallest absolute Gasteiger partial charge is 0.338 e. The highest BCUT2D eigenvalue weighted by atomic mass is 16.7. The third kappa shape index (κ3) is 1.95. The Balaban J connectivity index is 2.07. The van der Waals surface area contributed by atoms with Gasteiger partial charge >= 0.3 is 5.97 Å². The lowest BCUT2D eigenvalue weighted by molar-refractivity contribution is -0.148. The standard InChI is InChI=1S/C13H16O3/c1-9(2)15-12(14)11-13(3,16-11)10-7-5-4-6-8-10/h4-9,11H,1-3H3/t11-,13-/m1/s1. The number of hydrogen-bond acceptors (Lipinski definition) is 3. The minimum Gasteiger partial charge on any atom is -0.461 e. The van der Waals surface area contributed by atoms with Crippen LogP contribution >= 0.6 is 0 Å². The van der Waals surface area contributed by atoms with Crippen LogP contribution in [0.1, 0.15) is 26.3 Å². The molecule has 1 heterocycles. The molecule has 1 aliphatic rings. The molecule has 2 rings (SSSR count). The predicted octanol–water partition coefficient (Wildman–Crippen LogP) is 2.25. The first kappa shape index (κ1) is 11.1. The molecule has 2 atom stereocenters. The number of rotatable bonds is 3. The number of epoxide rings is 1. The SMILES string of the molecule is CC(C)OC(=O)[C@H]1O[C@]1(C)c1ccccc1. The van der Waals surface area contributed by atoms with E-state index in [1.165, 1.54) is 0 Å². The molecule has 3 nitrogen and oxygen atoms in total. The Morgan fingerprint density at radius 1 is 1.38 bits per heavy atom. The van der Waals surface area contributed by atoms with Crippen LogP contribution in [0.4, 0.5) is 0 Å². The van der Waals surface area contributed by atoms with E-state index in [0.29, 0.717) is 0 Å². The van der Waals surface area contributed by atoms with E-state index >= 15 is 0 Å². The van der Waals surface area contributed by atoms with Gasteiger partial charge in [-0.2, -0.15) is 0 Å². The van der Waals surface area contributed by atoms with Crippen LogP contribution in [0.5, 0.6) is 0 Å². The van der Waals surface area contributed by atoms with Crippen molar-refractivity contribution in [1.29, 1.82) is 0 Å². The number of hydrogen-bond donors (Lipinski definition) is 0.